The number of hydrogen-bond donors (Lipinski definition) is 0. The van der Waals surface area contributed by atoms with Gasteiger partial charge in [0.25, 0.3) is 0 Å². The summed E-state index contributed by atoms with van der Waals surface area (Å²) < 4.78 is 0. The van der Waals surface area contributed by atoms with Crippen LogP contribution in [0.4, 0.5) is 34.1 Å². The Balaban J connectivity index is 0.889. The summed E-state index contributed by atoms with van der Waals surface area (Å²) in [5.74, 6) is 0. The summed E-state index contributed by atoms with van der Waals surface area (Å²) >= 11 is 0. The predicted octanol–water partition coefficient (Wildman–Crippen LogP) is 17.1. The molecule has 0 spiro atoms. The number of hydrogen-bond acceptors (Lipinski definition) is 2. The Bertz CT molecular complexity index is 2900. The molecule has 0 amide bonds. The number of nitrogens with zero attached hydrogens (tertiary/aromatic N) is 2. The van der Waals surface area contributed by atoms with Crippen LogP contribution >= 0.6 is 0 Å². The molecule has 0 radical (unpaired) electrons. The monoisotopic (exact) mass is 812 g/mol. The molecule has 10 rings (SSSR count). The van der Waals surface area contributed by atoms with Crippen molar-refractivity contribution < 1.29 is 0 Å². The van der Waals surface area contributed by atoms with Gasteiger partial charge in [-0.25, -0.2) is 0 Å². The summed E-state index contributed by atoms with van der Waals surface area (Å²) in [5, 5.41) is 0. The maximum Gasteiger partial charge on any atom is 0.0462 e. The molecule has 2 heteroatoms. The first-order valence-electron chi connectivity index (χ1n) is 22.4. The van der Waals surface area contributed by atoms with Crippen LogP contribution in [0.1, 0.15) is 49.9 Å². The molecule has 0 atom stereocenters. The average Bonchev–Trinajstić information content (AvgIpc) is 3.57. The van der Waals surface area contributed by atoms with Crippen molar-refractivity contribution in [3.63, 3.8) is 0 Å². The van der Waals surface area contributed by atoms with E-state index >= 15 is 0 Å². The summed E-state index contributed by atoms with van der Waals surface area (Å²) in [4.78, 5) is 4.66. The molecule has 1 aliphatic carbocycles. The van der Waals surface area contributed by atoms with Crippen molar-refractivity contribution in [3.8, 4) is 44.5 Å². The minimum Gasteiger partial charge on any atom is -0.311 e. The number of rotatable bonds is 11. The first-order valence-corrected chi connectivity index (χ1v) is 22.4. The van der Waals surface area contributed by atoms with E-state index in [1.807, 2.05) is 0 Å². The fourth-order valence-electron chi connectivity index (χ4n) is 9.37. The van der Waals surface area contributed by atoms with Gasteiger partial charge in [0.15, 0.2) is 0 Å². The van der Waals surface area contributed by atoms with Gasteiger partial charge in [0.2, 0.25) is 0 Å². The van der Waals surface area contributed by atoms with Crippen molar-refractivity contribution in [2.75, 3.05) is 9.80 Å². The molecule has 0 fully saturated rings. The van der Waals surface area contributed by atoms with Gasteiger partial charge in [0.1, 0.15) is 0 Å². The molecule has 63 heavy (non-hydrogen) atoms. The molecule has 2 nitrogen and oxygen atoms in total. The molecule has 0 heterocycles. The van der Waals surface area contributed by atoms with Gasteiger partial charge in [0, 0.05) is 39.5 Å². The molecular weight excluding hydrogens is 761 g/mol. The Morgan fingerprint density at radius 3 is 0.905 bits per heavy atom. The van der Waals surface area contributed by atoms with E-state index in [0.29, 0.717) is 0 Å². The quantitative estimate of drug-likeness (QED) is 0.128. The zero-order chi connectivity index (χ0) is 42.9. The van der Waals surface area contributed by atoms with Crippen LogP contribution in [-0.4, -0.2) is 0 Å². The van der Waals surface area contributed by atoms with Crippen LogP contribution in [0, 0.1) is 0 Å². The molecular formula is C61H52N2. The third-order valence-corrected chi connectivity index (χ3v) is 13.0. The van der Waals surface area contributed by atoms with Gasteiger partial charge in [-0.15, -0.1) is 0 Å². The Hall–Kier alpha value is -7.42. The Labute approximate surface area is 373 Å². The number of fused-ring (bicyclic) bond motifs is 3. The fourth-order valence-corrected chi connectivity index (χ4v) is 9.37. The predicted molar refractivity (Wildman–Crippen MR) is 268 cm³/mol. The molecule has 0 N–H and O–H groups in total. The van der Waals surface area contributed by atoms with Crippen molar-refractivity contribution in [1.82, 2.24) is 0 Å². The molecule has 0 aromatic heterocycles. The van der Waals surface area contributed by atoms with E-state index in [0.717, 1.165) is 47.0 Å². The van der Waals surface area contributed by atoms with Crippen LogP contribution in [0.25, 0.3) is 44.5 Å². The maximum absolute atomic E-state index is 2.42. The molecule has 306 valence electrons. The smallest absolute Gasteiger partial charge is 0.0462 e. The maximum atomic E-state index is 2.42. The Morgan fingerprint density at radius 2 is 0.571 bits per heavy atom. The van der Waals surface area contributed by atoms with Crippen LogP contribution in [0.2, 0.25) is 0 Å². The zero-order valence-electron chi connectivity index (χ0n) is 36.6. The van der Waals surface area contributed by atoms with Gasteiger partial charge in [-0.2, -0.15) is 0 Å². The van der Waals surface area contributed by atoms with E-state index in [-0.39, 0.29) is 5.41 Å². The van der Waals surface area contributed by atoms with Crippen LogP contribution in [-0.2, 0) is 18.3 Å². The number of anilines is 6. The van der Waals surface area contributed by atoms with Crippen LogP contribution < -0.4 is 9.80 Å². The van der Waals surface area contributed by atoms with E-state index in [9.17, 15) is 0 Å². The lowest BCUT2D eigenvalue weighted by atomic mass is 9.81. The first-order chi connectivity index (χ1) is 30.9. The van der Waals surface area contributed by atoms with E-state index in [1.165, 1.54) is 66.8 Å². The zero-order valence-corrected chi connectivity index (χ0v) is 36.6. The topological polar surface area (TPSA) is 6.48 Å². The lowest BCUT2D eigenvalue weighted by molar-refractivity contribution is 0.661. The fraction of sp³-hybridized carbons (Fsp3) is 0.115. The minimum absolute atomic E-state index is 0.141. The number of para-hydroxylation sites is 2. The lowest BCUT2D eigenvalue weighted by Gasteiger charge is -2.26. The summed E-state index contributed by atoms with van der Waals surface area (Å²) in [6.45, 7) is 9.17. The highest BCUT2D eigenvalue weighted by Crippen LogP contribution is 2.51. The summed E-state index contributed by atoms with van der Waals surface area (Å²) in [6, 6.07) is 80.2. The molecule has 0 unspecified atom stereocenters. The average molecular weight is 813 g/mol. The van der Waals surface area contributed by atoms with Crippen molar-refractivity contribution in [1.29, 1.82) is 0 Å². The third-order valence-electron chi connectivity index (χ3n) is 13.0. The van der Waals surface area contributed by atoms with Crippen LogP contribution in [0.5, 0.6) is 0 Å². The second-order valence-corrected chi connectivity index (χ2v) is 17.2. The normalized spacial score (nSPS) is 12.4. The van der Waals surface area contributed by atoms with Crippen LogP contribution in [0.3, 0.4) is 0 Å². The second kappa shape index (κ2) is 16.8. The van der Waals surface area contributed by atoms with Crippen molar-refractivity contribution >= 4 is 34.1 Å². The molecule has 9 aromatic carbocycles. The number of benzene rings is 9. The van der Waals surface area contributed by atoms with E-state index in [2.05, 4.69) is 256 Å². The van der Waals surface area contributed by atoms with Gasteiger partial charge < -0.3 is 9.80 Å². The minimum atomic E-state index is -0.141. The second-order valence-electron chi connectivity index (χ2n) is 17.2. The molecule has 0 saturated heterocycles. The largest absolute Gasteiger partial charge is 0.311 e. The summed E-state index contributed by atoms with van der Waals surface area (Å²) in [7, 11) is 0. The van der Waals surface area contributed by atoms with Crippen molar-refractivity contribution in [2.45, 2.75) is 46.0 Å². The van der Waals surface area contributed by atoms with Gasteiger partial charge >= 0.3 is 0 Å². The van der Waals surface area contributed by atoms with E-state index in [1.54, 1.807) is 0 Å². The third kappa shape index (κ3) is 7.64. The Morgan fingerprint density at radius 1 is 0.302 bits per heavy atom. The van der Waals surface area contributed by atoms with Crippen molar-refractivity contribution in [3.05, 3.63) is 241 Å². The van der Waals surface area contributed by atoms with Gasteiger partial charge in [0.05, 0.1) is 0 Å². The molecule has 0 bridgehead atoms. The number of aryl methyl sites for hydroxylation is 2. The van der Waals surface area contributed by atoms with Gasteiger partial charge in [-0.3, -0.25) is 0 Å². The standard InChI is InChI=1S/C61H52N2/c1-5-43-17-31-53(32-18-43)63(54-33-19-44(6-2)20-34-54)56-37-27-48(28-38-56)50-30-40-58-57-39-29-49(41-59(57)61(3,4)60(58)42-50)47-23-21-45(22-24-47)46-25-35-55(36-26-46)62(51-13-9-7-10-14-51)52-15-11-8-12-16-52/h7-42H,5-6H2,1-4H3. The van der Waals surface area contributed by atoms with E-state index in [4.69, 9.17) is 0 Å². The SMILES string of the molecule is CCc1ccc(N(c2ccc(CC)cc2)c2ccc(-c3ccc4c(c3)C(C)(C)c3cc(-c5ccc(-c6ccc(N(c7ccccc7)c7ccccc7)cc6)cc5)ccc3-4)cc2)cc1. The summed E-state index contributed by atoms with van der Waals surface area (Å²) in [5.41, 5.74) is 22.2. The van der Waals surface area contributed by atoms with Crippen LogP contribution in [0.15, 0.2) is 218 Å². The Kier molecular flexibility index (Phi) is 10.6. The molecule has 0 aliphatic heterocycles. The highest BCUT2D eigenvalue weighted by molar-refractivity contribution is 5.87. The highest BCUT2D eigenvalue weighted by Gasteiger charge is 2.36. The molecule has 1 aliphatic rings. The lowest BCUT2D eigenvalue weighted by Crippen LogP contribution is -2.15. The van der Waals surface area contributed by atoms with Crippen molar-refractivity contribution in [2.24, 2.45) is 0 Å². The first kappa shape index (κ1) is 39.7. The molecule has 0 saturated carbocycles. The van der Waals surface area contributed by atoms with E-state index < -0.39 is 0 Å². The molecule has 9 aromatic rings. The van der Waals surface area contributed by atoms with Gasteiger partial charge in [-0.05, 0) is 165 Å². The summed E-state index contributed by atoms with van der Waals surface area (Å²) in [6.07, 6.45) is 2.06. The van der Waals surface area contributed by atoms with Gasteiger partial charge in [-0.1, -0.05) is 161 Å². The highest BCUT2D eigenvalue weighted by atomic mass is 15.1.